The van der Waals surface area contributed by atoms with Gasteiger partial charge in [0, 0.05) is 6.04 Å². The summed E-state index contributed by atoms with van der Waals surface area (Å²) in [5.74, 6) is 0. The third-order valence-corrected chi connectivity index (χ3v) is 3.72. The van der Waals surface area contributed by atoms with E-state index in [1.165, 1.54) is 57.8 Å². The molecule has 0 amide bonds. The largest absolute Gasteiger partial charge is 0.301 e. The molecule has 1 heteroatoms. The number of nitrogens with zero attached hydrogens (tertiary/aromatic N) is 1. The summed E-state index contributed by atoms with van der Waals surface area (Å²) in [5, 5.41) is 0. The molecule has 0 fully saturated rings. The lowest BCUT2D eigenvalue weighted by molar-refractivity contribution is 0.237. The normalized spacial score (nSPS) is 13.2. The van der Waals surface area contributed by atoms with Crippen LogP contribution in [0.2, 0.25) is 0 Å². The fourth-order valence-electron chi connectivity index (χ4n) is 2.44. The van der Waals surface area contributed by atoms with Crippen molar-refractivity contribution < 1.29 is 0 Å². The van der Waals surface area contributed by atoms with Crippen molar-refractivity contribution in [3.63, 3.8) is 0 Å². The molecule has 0 aliphatic rings. The molecule has 0 aromatic rings. The Morgan fingerprint density at radius 3 is 1.71 bits per heavy atom. The molecule has 1 unspecified atom stereocenters. The van der Waals surface area contributed by atoms with Crippen LogP contribution in [0.4, 0.5) is 0 Å². The number of rotatable bonds is 12. The van der Waals surface area contributed by atoms with Crippen molar-refractivity contribution in [3.05, 3.63) is 6.92 Å². The van der Waals surface area contributed by atoms with Crippen LogP contribution >= 0.6 is 0 Å². The summed E-state index contributed by atoms with van der Waals surface area (Å²) in [7, 11) is 0. The van der Waals surface area contributed by atoms with Gasteiger partial charge in [-0.25, -0.2) is 0 Å². The summed E-state index contributed by atoms with van der Waals surface area (Å²) >= 11 is 0. The molecule has 0 saturated heterocycles. The van der Waals surface area contributed by atoms with Crippen LogP contribution in [0.3, 0.4) is 0 Å². The first-order valence-corrected chi connectivity index (χ1v) is 7.83. The van der Waals surface area contributed by atoms with Crippen molar-refractivity contribution in [1.29, 1.82) is 0 Å². The van der Waals surface area contributed by atoms with E-state index in [9.17, 15) is 0 Å². The predicted molar refractivity (Wildman–Crippen MR) is 79.3 cm³/mol. The van der Waals surface area contributed by atoms with Gasteiger partial charge < -0.3 is 4.90 Å². The minimum absolute atomic E-state index is 0.532. The molecule has 0 spiro atoms. The van der Waals surface area contributed by atoms with E-state index in [1.807, 2.05) is 0 Å². The molecular weight excluding hydrogens is 206 g/mol. The Labute approximate surface area is 110 Å². The lowest BCUT2D eigenvalue weighted by atomic mass is 10.0. The lowest BCUT2D eigenvalue weighted by Crippen LogP contribution is -2.32. The number of hydrogen-bond acceptors (Lipinski definition) is 1. The molecular formula is C16H34N. The first kappa shape index (κ1) is 17.0. The zero-order chi connectivity index (χ0) is 12.9. The van der Waals surface area contributed by atoms with E-state index in [0.29, 0.717) is 6.04 Å². The summed E-state index contributed by atoms with van der Waals surface area (Å²) in [4.78, 5) is 2.46. The first-order chi connectivity index (χ1) is 8.26. The second kappa shape index (κ2) is 12.4. The summed E-state index contributed by atoms with van der Waals surface area (Å²) in [6, 6.07) is 0.532. The van der Waals surface area contributed by atoms with E-state index in [2.05, 4.69) is 32.6 Å². The Kier molecular flexibility index (Phi) is 12.4. The molecule has 0 aromatic heterocycles. The molecule has 1 radical (unpaired) electrons. The second-order valence-electron chi connectivity index (χ2n) is 5.14. The molecule has 0 saturated carbocycles. The molecule has 103 valence electrons. The van der Waals surface area contributed by atoms with Gasteiger partial charge in [-0.3, -0.25) is 0 Å². The molecule has 0 heterocycles. The molecule has 0 rings (SSSR count). The third-order valence-electron chi connectivity index (χ3n) is 3.72. The van der Waals surface area contributed by atoms with E-state index >= 15 is 0 Å². The quantitative estimate of drug-likeness (QED) is 0.431. The van der Waals surface area contributed by atoms with Gasteiger partial charge in [0.2, 0.25) is 0 Å². The van der Waals surface area contributed by atoms with E-state index in [-0.39, 0.29) is 0 Å². The molecule has 17 heavy (non-hydrogen) atoms. The fraction of sp³-hybridized carbons (Fsp3) is 0.938. The van der Waals surface area contributed by atoms with Crippen molar-refractivity contribution >= 4 is 0 Å². The van der Waals surface area contributed by atoms with E-state index < -0.39 is 0 Å². The Morgan fingerprint density at radius 2 is 1.24 bits per heavy atom. The summed E-state index contributed by atoms with van der Waals surface area (Å²) in [6.07, 6.45) is 12.6. The molecule has 0 aliphatic heterocycles. The Balaban J connectivity index is 3.27. The van der Waals surface area contributed by atoms with Crippen molar-refractivity contribution in [2.75, 3.05) is 13.1 Å². The van der Waals surface area contributed by atoms with Crippen LogP contribution in [0.15, 0.2) is 0 Å². The van der Waals surface area contributed by atoms with Crippen LogP contribution in [-0.2, 0) is 0 Å². The zero-order valence-electron chi connectivity index (χ0n) is 12.5. The maximum Gasteiger partial charge on any atom is 0.00956 e. The topological polar surface area (TPSA) is 3.24 Å². The van der Waals surface area contributed by atoms with Gasteiger partial charge in [-0.1, -0.05) is 72.1 Å². The summed E-state index contributed by atoms with van der Waals surface area (Å²) in [5.41, 5.74) is 0. The molecule has 0 bridgehead atoms. The second-order valence-corrected chi connectivity index (χ2v) is 5.14. The van der Waals surface area contributed by atoms with Gasteiger partial charge >= 0.3 is 0 Å². The van der Waals surface area contributed by atoms with Crippen LogP contribution in [0.25, 0.3) is 0 Å². The molecule has 0 aliphatic carbocycles. The Morgan fingerprint density at radius 1 is 0.765 bits per heavy atom. The first-order valence-electron chi connectivity index (χ1n) is 7.83. The maximum absolute atomic E-state index is 4.26. The highest BCUT2D eigenvalue weighted by Crippen LogP contribution is 2.12. The third kappa shape index (κ3) is 9.64. The van der Waals surface area contributed by atoms with Crippen LogP contribution in [0.5, 0.6) is 0 Å². The van der Waals surface area contributed by atoms with Crippen LogP contribution in [-0.4, -0.2) is 24.0 Å². The minimum Gasteiger partial charge on any atom is -0.301 e. The Hall–Kier alpha value is -0.0400. The van der Waals surface area contributed by atoms with E-state index in [0.717, 1.165) is 13.1 Å². The van der Waals surface area contributed by atoms with Gasteiger partial charge in [0.1, 0.15) is 0 Å². The van der Waals surface area contributed by atoms with Crippen molar-refractivity contribution in [1.82, 2.24) is 4.90 Å². The fourth-order valence-corrected chi connectivity index (χ4v) is 2.44. The highest BCUT2D eigenvalue weighted by molar-refractivity contribution is 4.71. The average Bonchev–Trinajstić information content (AvgIpc) is 2.34. The van der Waals surface area contributed by atoms with Gasteiger partial charge in [-0.2, -0.15) is 0 Å². The van der Waals surface area contributed by atoms with Crippen LogP contribution in [0.1, 0.15) is 78.6 Å². The van der Waals surface area contributed by atoms with Gasteiger partial charge in [-0.15, -0.1) is 0 Å². The highest BCUT2D eigenvalue weighted by atomic mass is 15.1. The Bertz CT molecular complexity index is 140. The summed E-state index contributed by atoms with van der Waals surface area (Å²) < 4.78 is 0. The van der Waals surface area contributed by atoms with Crippen molar-refractivity contribution in [2.24, 2.45) is 0 Å². The molecule has 0 aromatic carbocycles. The number of hydrogen-bond donors (Lipinski definition) is 0. The number of unbranched alkanes of at least 4 members (excludes halogenated alkanes) is 7. The molecule has 0 N–H and O–H groups in total. The van der Waals surface area contributed by atoms with Gasteiger partial charge in [0.25, 0.3) is 0 Å². The summed E-state index contributed by atoms with van der Waals surface area (Å²) in [6.45, 7) is 13.3. The molecule has 1 atom stereocenters. The SMILES string of the molecule is [CH2]C(CCCCCCCCCC)N(CC)CC. The van der Waals surface area contributed by atoms with Crippen LogP contribution < -0.4 is 0 Å². The molecule has 1 nitrogen and oxygen atoms in total. The smallest absolute Gasteiger partial charge is 0.00956 e. The monoisotopic (exact) mass is 240 g/mol. The van der Waals surface area contributed by atoms with Crippen molar-refractivity contribution in [3.8, 4) is 0 Å². The standard InChI is InChI=1S/C16H34N/c1-5-8-9-10-11-12-13-14-15-16(4)17(6-2)7-3/h16H,4-15H2,1-3H3. The predicted octanol–water partition coefficient (Wildman–Crippen LogP) is 5.06. The van der Waals surface area contributed by atoms with E-state index in [1.54, 1.807) is 0 Å². The average molecular weight is 240 g/mol. The van der Waals surface area contributed by atoms with Gasteiger partial charge in [0.05, 0.1) is 0 Å². The lowest BCUT2D eigenvalue weighted by Gasteiger charge is -2.26. The highest BCUT2D eigenvalue weighted by Gasteiger charge is 2.08. The van der Waals surface area contributed by atoms with Crippen molar-refractivity contribution in [2.45, 2.75) is 84.6 Å². The minimum atomic E-state index is 0.532. The van der Waals surface area contributed by atoms with Gasteiger partial charge in [0.15, 0.2) is 0 Å². The zero-order valence-corrected chi connectivity index (χ0v) is 12.5. The van der Waals surface area contributed by atoms with E-state index in [4.69, 9.17) is 0 Å². The van der Waals surface area contributed by atoms with Crippen LogP contribution in [0, 0.1) is 6.92 Å². The van der Waals surface area contributed by atoms with Gasteiger partial charge in [-0.05, 0) is 26.4 Å². The maximum atomic E-state index is 4.26.